The highest BCUT2D eigenvalue weighted by Crippen LogP contribution is 2.31. The molecule has 3 aromatic rings. The topological polar surface area (TPSA) is 89.1 Å². The van der Waals surface area contributed by atoms with Crippen molar-refractivity contribution in [3.8, 4) is 23.0 Å². The van der Waals surface area contributed by atoms with E-state index in [4.69, 9.17) is 14.2 Å². The van der Waals surface area contributed by atoms with Crippen LogP contribution in [0.25, 0.3) is 0 Å². The zero-order valence-corrected chi connectivity index (χ0v) is 19.8. The number of rotatable bonds is 7. The monoisotopic (exact) mass is 475 g/mol. The van der Waals surface area contributed by atoms with E-state index < -0.39 is 0 Å². The van der Waals surface area contributed by atoms with Crippen LogP contribution in [0, 0.1) is 5.92 Å². The minimum atomic E-state index is -0.188. The Morgan fingerprint density at radius 2 is 1.37 bits per heavy atom. The van der Waals surface area contributed by atoms with Gasteiger partial charge in [0.25, 0.3) is 0 Å². The number of anilines is 2. The Labute approximate surface area is 204 Å². The van der Waals surface area contributed by atoms with Crippen LogP contribution in [0.1, 0.15) is 12.8 Å². The molecule has 0 radical (unpaired) electrons. The van der Waals surface area contributed by atoms with Gasteiger partial charge >= 0.3 is 6.03 Å². The molecule has 0 atom stereocenters. The summed E-state index contributed by atoms with van der Waals surface area (Å²) >= 11 is 0. The second-order valence-electron chi connectivity index (χ2n) is 8.16. The van der Waals surface area contributed by atoms with E-state index in [9.17, 15) is 9.59 Å². The number of urea groups is 1. The van der Waals surface area contributed by atoms with E-state index in [1.807, 2.05) is 42.5 Å². The van der Waals surface area contributed by atoms with Crippen molar-refractivity contribution >= 4 is 23.3 Å². The largest absolute Gasteiger partial charge is 0.495 e. The molecule has 2 N–H and O–H groups in total. The van der Waals surface area contributed by atoms with Crippen LogP contribution in [0.5, 0.6) is 23.0 Å². The summed E-state index contributed by atoms with van der Waals surface area (Å²) in [4.78, 5) is 27.2. The van der Waals surface area contributed by atoms with Crippen LogP contribution in [0.2, 0.25) is 0 Å². The molecule has 1 heterocycles. The summed E-state index contributed by atoms with van der Waals surface area (Å²) in [7, 11) is 3.17. The molecule has 8 heteroatoms. The van der Waals surface area contributed by atoms with Crippen molar-refractivity contribution in [1.29, 1.82) is 0 Å². The fraction of sp³-hybridized carbons (Fsp3) is 0.259. The van der Waals surface area contributed by atoms with Crippen LogP contribution in [0.15, 0.2) is 72.8 Å². The van der Waals surface area contributed by atoms with Crippen LogP contribution in [0.3, 0.4) is 0 Å². The van der Waals surface area contributed by atoms with Gasteiger partial charge in [0, 0.05) is 24.7 Å². The maximum Gasteiger partial charge on any atom is 0.321 e. The molecular formula is C27H29N3O5. The van der Waals surface area contributed by atoms with E-state index in [0.717, 1.165) is 0 Å². The maximum atomic E-state index is 12.7. The van der Waals surface area contributed by atoms with E-state index in [1.54, 1.807) is 49.5 Å². The van der Waals surface area contributed by atoms with Gasteiger partial charge < -0.3 is 29.7 Å². The molecule has 4 rings (SSSR count). The van der Waals surface area contributed by atoms with Crippen LogP contribution in [-0.2, 0) is 4.79 Å². The number of carbonyl (C=O) groups excluding carboxylic acids is 2. The SMILES string of the molecule is COc1ccccc1NC(=O)C1CCN(C(=O)Nc2ccc(Oc3ccccc3OC)cc2)CC1. The zero-order valence-electron chi connectivity index (χ0n) is 19.8. The van der Waals surface area contributed by atoms with E-state index in [0.29, 0.717) is 60.3 Å². The Morgan fingerprint density at radius 3 is 2.03 bits per heavy atom. The molecular weight excluding hydrogens is 446 g/mol. The Hall–Kier alpha value is -4.20. The number of amides is 3. The summed E-state index contributed by atoms with van der Waals surface area (Å²) in [6, 6.07) is 21.7. The average molecular weight is 476 g/mol. The highest BCUT2D eigenvalue weighted by atomic mass is 16.5. The molecule has 8 nitrogen and oxygen atoms in total. The van der Waals surface area contributed by atoms with Gasteiger partial charge in [-0.15, -0.1) is 0 Å². The number of hydrogen-bond donors (Lipinski definition) is 2. The lowest BCUT2D eigenvalue weighted by Crippen LogP contribution is -2.43. The highest BCUT2D eigenvalue weighted by Gasteiger charge is 2.28. The minimum absolute atomic E-state index is 0.0554. The minimum Gasteiger partial charge on any atom is -0.495 e. The maximum absolute atomic E-state index is 12.7. The first-order valence-corrected chi connectivity index (χ1v) is 11.5. The predicted molar refractivity (Wildman–Crippen MR) is 134 cm³/mol. The molecule has 0 saturated carbocycles. The normalized spacial score (nSPS) is 13.6. The van der Waals surface area contributed by atoms with Crippen molar-refractivity contribution < 1.29 is 23.8 Å². The van der Waals surface area contributed by atoms with Gasteiger partial charge in [0.1, 0.15) is 11.5 Å². The lowest BCUT2D eigenvalue weighted by Gasteiger charge is -2.31. The number of nitrogens with zero attached hydrogens (tertiary/aromatic N) is 1. The molecule has 0 aliphatic carbocycles. The third kappa shape index (κ3) is 6.03. The quantitative estimate of drug-likeness (QED) is 0.479. The third-order valence-corrected chi connectivity index (χ3v) is 5.92. The van der Waals surface area contributed by atoms with Crippen molar-refractivity contribution in [2.24, 2.45) is 5.92 Å². The Balaban J connectivity index is 1.27. The lowest BCUT2D eigenvalue weighted by molar-refractivity contribution is -0.121. The molecule has 0 unspecified atom stereocenters. The molecule has 1 saturated heterocycles. The van der Waals surface area contributed by atoms with E-state index in [-0.39, 0.29) is 17.9 Å². The number of carbonyl (C=O) groups is 2. The standard InChI is InChI=1S/C27H29N3O5/c1-33-23-8-4-3-7-22(23)29-26(31)19-15-17-30(18-16-19)27(32)28-20-11-13-21(14-12-20)35-25-10-6-5-9-24(25)34-2/h3-14,19H,15-18H2,1-2H3,(H,28,32)(H,29,31). The van der Waals surface area contributed by atoms with Gasteiger partial charge in [-0.1, -0.05) is 24.3 Å². The molecule has 3 amide bonds. The summed E-state index contributed by atoms with van der Waals surface area (Å²) < 4.78 is 16.5. The van der Waals surface area contributed by atoms with Crippen LogP contribution in [0.4, 0.5) is 16.2 Å². The van der Waals surface area contributed by atoms with Crippen LogP contribution in [-0.4, -0.2) is 44.1 Å². The van der Waals surface area contributed by atoms with E-state index >= 15 is 0 Å². The number of hydrogen-bond acceptors (Lipinski definition) is 5. The van der Waals surface area contributed by atoms with Gasteiger partial charge in [-0.2, -0.15) is 0 Å². The zero-order chi connectivity index (χ0) is 24.6. The number of piperidine rings is 1. The van der Waals surface area contributed by atoms with Crippen molar-refractivity contribution in [2.75, 3.05) is 37.9 Å². The molecule has 0 spiro atoms. The molecule has 0 aromatic heterocycles. The number of likely N-dealkylation sites (tertiary alicyclic amines) is 1. The summed E-state index contributed by atoms with van der Waals surface area (Å²) in [5.41, 5.74) is 1.32. The number of benzene rings is 3. The van der Waals surface area contributed by atoms with Crippen molar-refractivity contribution in [3.05, 3.63) is 72.8 Å². The Morgan fingerprint density at radius 1 is 0.771 bits per heavy atom. The molecule has 0 bridgehead atoms. The predicted octanol–water partition coefficient (Wildman–Crippen LogP) is 5.38. The van der Waals surface area contributed by atoms with Crippen LogP contribution >= 0.6 is 0 Å². The molecule has 1 aliphatic rings. The second kappa shape index (κ2) is 11.3. The van der Waals surface area contributed by atoms with Crippen LogP contribution < -0.4 is 24.8 Å². The van der Waals surface area contributed by atoms with E-state index in [2.05, 4.69) is 10.6 Å². The molecule has 3 aromatic carbocycles. The first kappa shape index (κ1) is 23.9. The third-order valence-electron chi connectivity index (χ3n) is 5.92. The summed E-state index contributed by atoms with van der Waals surface area (Å²) in [6.07, 6.45) is 1.19. The molecule has 182 valence electrons. The number of para-hydroxylation sites is 4. The van der Waals surface area contributed by atoms with Crippen molar-refractivity contribution in [1.82, 2.24) is 4.90 Å². The molecule has 1 aliphatic heterocycles. The van der Waals surface area contributed by atoms with Crippen molar-refractivity contribution in [3.63, 3.8) is 0 Å². The smallest absolute Gasteiger partial charge is 0.321 e. The lowest BCUT2D eigenvalue weighted by atomic mass is 9.96. The summed E-state index contributed by atoms with van der Waals surface area (Å²) in [5, 5.41) is 5.86. The number of methoxy groups -OCH3 is 2. The van der Waals surface area contributed by atoms with Gasteiger partial charge in [-0.25, -0.2) is 4.79 Å². The second-order valence-corrected chi connectivity index (χ2v) is 8.16. The van der Waals surface area contributed by atoms with Gasteiger partial charge in [-0.05, 0) is 61.4 Å². The Bertz CT molecular complexity index is 1160. The van der Waals surface area contributed by atoms with Gasteiger partial charge in [0.05, 0.1) is 19.9 Å². The molecule has 35 heavy (non-hydrogen) atoms. The fourth-order valence-corrected chi connectivity index (χ4v) is 3.97. The fourth-order valence-electron chi connectivity index (χ4n) is 3.97. The molecule has 1 fully saturated rings. The Kier molecular flexibility index (Phi) is 7.72. The van der Waals surface area contributed by atoms with Gasteiger partial charge in [0.2, 0.25) is 5.91 Å². The number of nitrogens with one attached hydrogen (secondary N) is 2. The average Bonchev–Trinajstić information content (AvgIpc) is 2.90. The van der Waals surface area contributed by atoms with E-state index in [1.165, 1.54) is 0 Å². The first-order chi connectivity index (χ1) is 17.1. The highest BCUT2D eigenvalue weighted by molar-refractivity contribution is 5.94. The van der Waals surface area contributed by atoms with Gasteiger partial charge in [-0.3, -0.25) is 4.79 Å². The van der Waals surface area contributed by atoms with Gasteiger partial charge in [0.15, 0.2) is 11.5 Å². The summed E-state index contributed by atoms with van der Waals surface area (Å²) in [6.45, 7) is 1.01. The number of ether oxygens (including phenoxy) is 3. The van der Waals surface area contributed by atoms with Crippen molar-refractivity contribution in [2.45, 2.75) is 12.8 Å². The first-order valence-electron chi connectivity index (χ1n) is 11.5. The summed E-state index contributed by atoms with van der Waals surface area (Å²) in [5.74, 6) is 2.30.